The number of nitrogens with one attached hydrogen (secondary N) is 1. The highest BCUT2D eigenvalue weighted by Crippen LogP contribution is 2.29. The van der Waals surface area contributed by atoms with E-state index < -0.39 is 28.5 Å². The Morgan fingerprint density at radius 3 is 2.16 bits per heavy atom. The van der Waals surface area contributed by atoms with Crippen LogP contribution in [0.1, 0.15) is 61.3 Å². The number of anilines is 1. The summed E-state index contributed by atoms with van der Waals surface area (Å²) in [5.41, 5.74) is 3.67. The lowest BCUT2D eigenvalue weighted by Gasteiger charge is -2.34. The number of aryl methyl sites for hydroxylation is 3. The number of halogens is 2. The molecule has 2 amide bonds. The average molecular weight is 645 g/mol. The fourth-order valence-electron chi connectivity index (χ4n) is 5.56. The van der Waals surface area contributed by atoms with E-state index in [4.69, 9.17) is 23.2 Å². The molecule has 1 N–H and O–H groups in total. The fraction of sp³-hybridized carbons (Fsp3) is 0.394. The van der Waals surface area contributed by atoms with E-state index in [-0.39, 0.29) is 23.4 Å². The molecule has 3 aromatic rings. The minimum Gasteiger partial charge on any atom is -0.352 e. The molecule has 0 aromatic heterocycles. The number of nitrogens with zero attached hydrogens (tertiary/aromatic N) is 2. The lowest BCUT2D eigenvalue weighted by atomic mass is 10.1. The SMILES string of the molecule is CCC(C(=O)NC1CCCC1)N(Cc1ccc(Cl)c(Cl)c1)C(=O)CN(c1ccc(C)cc1C)S(=O)(=O)c1ccc(C)cc1. The van der Waals surface area contributed by atoms with Gasteiger partial charge in [0.05, 0.1) is 20.6 Å². The molecule has 3 aromatic carbocycles. The summed E-state index contributed by atoms with van der Waals surface area (Å²) in [6.45, 7) is 7.03. The second-order valence-corrected chi connectivity index (χ2v) is 14.0. The Bertz CT molecular complexity index is 1570. The Balaban J connectivity index is 1.75. The van der Waals surface area contributed by atoms with Crippen LogP contribution in [0, 0.1) is 20.8 Å². The first-order valence-corrected chi connectivity index (χ1v) is 16.8. The van der Waals surface area contributed by atoms with Crippen LogP contribution in [0.2, 0.25) is 10.0 Å². The van der Waals surface area contributed by atoms with Gasteiger partial charge in [-0.3, -0.25) is 13.9 Å². The third kappa shape index (κ3) is 7.91. The van der Waals surface area contributed by atoms with Crippen molar-refractivity contribution in [1.29, 1.82) is 0 Å². The predicted molar refractivity (Wildman–Crippen MR) is 173 cm³/mol. The molecule has 0 bridgehead atoms. The number of hydrogen-bond acceptors (Lipinski definition) is 4. The zero-order valence-electron chi connectivity index (χ0n) is 25.1. The topological polar surface area (TPSA) is 86.8 Å². The van der Waals surface area contributed by atoms with Gasteiger partial charge in [0, 0.05) is 12.6 Å². The van der Waals surface area contributed by atoms with Crippen LogP contribution >= 0.6 is 23.2 Å². The Morgan fingerprint density at radius 2 is 1.56 bits per heavy atom. The molecule has 1 aliphatic carbocycles. The van der Waals surface area contributed by atoms with Crippen LogP contribution in [0.25, 0.3) is 0 Å². The first kappa shape index (κ1) is 32.8. The van der Waals surface area contributed by atoms with E-state index >= 15 is 0 Å². The number of amides is 2. The van der Waals surface area contributed by atoms with E-state index in [2.05, 4.69) is 5.32 Å². The maximum atomic E-state index is 14.3. The molecule has 1 aliphatic rings. The molecule has 0 aliphatic heterocycles. The van der Waals surface area contributed by atoms with Gasteiger partial charge in [0.1, 0.15) is 12.6 Å². The number of sulfonamides is 1. The smallest absolute Gasteiger partial charge is 0.264 e. The normalized spacial score (nSPS) is 14.4. The molecule has 0 spiro atoms. The van der Waals surface area contributed by atoms with Gasteiger partial charge < -0.3 is 10.2 Å². The van der Waals surface area contributed by atoms with Crippen LogP contribution in [-0.2, 0) is 26.2 Å². The molecule has 7 nitrogen and oxygen atoms in total. The third-order valence-corrected chi connectivity index (χ3v) is 10.4. The molecule has 0 radical (unpaired) electrons. The third-order valence-electron chi connectivity index (χ3n) is 7.93. The Morgan fingerprint density at radius 1 is 0.907 bits per heavy atom. The van der Waals surface area contributed by atoms with Gasteiger partial charge in [-0.05, 0) is 81.5 Å². The molecule has 1 atom stereocenters. The predicted octanol–water partition coefficient (Wildman–Crippen LogP) is 6.98. The summed E-state index contributed by atoms with van der Waals surface area (Å²) in [6, 6.07) is 16.3. The molecular weight excluding hydrogens is 605 g/mol. The lowest BCUT2D eigenvalue weighted by Crippen LogP contribution is -2.53. The molecule has 1 fully saturated rings. The van der Waals surface area contributed by atoms with Gasteiger partial charge in [-0.25, -0.2) is 8.42 Å². The Kier molecular flexibility index (Phi) is 10.8. The molecular formula is C33H39Cl2N3O4S. The van der Waals surface area contributed by atoms with Crippen molar-refractivity contribution in [2.24, 2.45) is 0 Å². The summed E-state index contributed by atoms with van der Waals surface area (Å²) in [5, 5.41) is 3.82. The fourth-order valence-corrected chi connectivity index (χ4v) is 7.36. The molecule has 1 saturated carbocycles. The van der Waals surface area contributed by atoms with E-state index in [0.29, 0.717) is 33.3 Å². The Labute approximate surface area is 265 Å². The highest BCUT2D eigenvalue weighted by atomic mass is 35.5. The van der Waals surface area contributed by atoms with Crippen LogP contribution in [-0.4, -0.2) is 43.8 Å². The summed E-state index contributed by atoms with van der Waals surface area (Å²) in [7, 11) is -4.14. The van der Waals surface area contributed by atoms with Crippen LogP contribution in [0.4, 0.5) is 5.69 Å². The maximum absolute atomic E-state index is 14.3. The van der Waals surface area contributed by atoms with Gasteiger partial charge in [-0.1, -0.05) is 84.4 Å². The number of carbonyl (C=O) groups excluding carboxylic acids is 2. The van der Waals surface area contributed by atoms with Crippen molar-refractivity contribution in [1.82, 2.24) is 10.2 Å². The van der Waals surface area contributed by atoms with Gasteiger partial charge in [0.15, 0.2) is 0 Å². The van der Waals surface area contributed by atoms with Gasteiger partial charge in [-0.2, -0.15) is 0 Å². The minimum atomic E-state index is -4.14. The van der Waals surface area contributed by atoms with Crippen LogP contribution < -0.4 is 9.62 Å². The van der Waals surface area contributed by atoms with Gasteiger partial charge >= 0.3 is 0 Å². The highest BCUT2D eigenvalue weighted by molar-refractivity contribution is 7.92. The summed E-state index contributed by atoms with van der Waals surface area (Å²) in [5.74, 6) is -0.752. The van der Waals surface area contributed by atoms with E-state index in [1.54, 1.807) is 48.5 Å². The largest absolute Gasteiger partial charge is 0.352 e. The molecule has 10 heteroatoms. The van der Waals surface area contributed by atoms with Crippen molar-refractivity contribution in [2.45, 2.75) is 83.3 Å². The first-order valence-electron chi connectivity index (χ1n) is 14.6. The standard InChI is InChI=1S/C33H39Cl2N3O4S/c1-5-30(33(40)36-26-8-6-7-9-26)37(20-25-13-16-28(34)29(35)19-25)32(39)21-38(31-17-12-23(3)18-24(31)4)43(41,42)27-14-10-22(2)11-15-27/h10-19,26,30H,5-9,20-21H2,1-4H3,(H,36,40). The van der Waals surface area contributed by atoms with E-state index in [1.807, 2.05) is 39.8 Å². The molecule has 0 saturated heterocycles. The lowest BCUT2D eigenvalue weighted by molar-refractivity contribution is -0.140. The zero-order chi connectivity index (χ0) is 31.3. The van der Waals surface area contributed by atoms with Crippen molar-refractivity contribution in [3.63, 3.8) is 0 Å². The van der Waals surface area contributed by atoms with Gasteiger partial charge in [0.2, 0.25) is 11.8 Å². The number of rotatable bonds is 11. The van der Waals surface area contributed by atoms with Crippen molar-refractivity contribution in [3.05, 3.63) is 93.0 Å². The van der Waals surface area contributed by atoms with E-state index in [1.165, 1.54) is 4.90 Å². The quantitative estimate of drug-likeness (QED) is 0.244. The van der Waals surface area contributed by atoms with Gasteiger partial charge in [-0.15, -0.1) is 0 Å². The molecule has 43 heavy (non-hydrogen) atoms. The summed E-state index contributed by atoms with van der Waals surface area (Å²) in [4.78, 5) is 29.5. The summed E-state index contributed by atoms with van der Waals surface area (Å²) < 4.78 is 29.4. The molecule has 0 heterocycles. The first-order chi connectivity index (χ1) is 20.4. The van der Waals surface area contributed by atoms with Crippen LogP contribution in [0.3, 0.4) is 0 Å². The van der Waals surface area contributed by atoms with E-state index in [0.717, 1.165) is 41.1 Å². The number of carbonyl (C=O) groups is 2. The van der Waals surface area contributed by atoms with Crippen molar-refractivity contribution >= 4 is 50.7 Å². The second-order valence-electron chi connectivity index (χ2n) is 11.3. The van der Waals surface area contributed by atoms with Gasteiger partial charge in [0.25, 0.3) is 10.0 Å². The van der Waals surface area contributed by atoms with Crippen molar-refractivity contribution in [3.8, 4) is 0 Å². The molecule has 4 rings (SSSR count). The zero-order valence-corrected chi connectivity index (χ0v) is 27.4. The number of hydrogen-bond donors (Lipinski definition) is 1. The summed E-state index contributed by atoms with van der Waals surface area (Å²) in [6.07, 6.45) is 4.25. The monoisotopic (exact) mass is 643 g/mol. The summed E-state index contributed by atoms with van der Waals surface area (Å²) >= 11 is 12.4. The second kappa shape index (κ2) is 14.1. The highest BCUT2D eigenvalue weighted by Gasteiger charge is 2.35. The van der Waals surface area contributed by atoms with Crippen molar-refractivity contribution < 1.29 is 18.0 Å². The number of benzene rings is 3. The average Bonchev–Trinajstić information content (AvgIpc) is 3.47. The molecule has 230 valence electrons. The minimum absolute atomic E-state index is 0.0532. The maximum Gasteiger partial charge on any atom is 0.264 e. The van der Waals surface area contributed by atoms with E-state index in [9.17, 15) is 18.0 Å². The van der Waals surface area contributed by atoms with Crippen LogP contribution in [0.5, 0.6) is 0 Å². The van der Waals surface area contributed by atoms with Crippen LogP contribution in [0.15, 0.2) is 65.6 Å². The molecule has 1 unspecified atom stereocenters. The van der Waals surface area contributed by atoms with Crippen molar-refractivity contribution in [2.75, 3.05) is 10.8 Å². The Hall–Kier alpha value is -3.07.